The smallest absolute Gasteiger partial charge is 0.407 e. The van der Waals surface area contributed by atoms with Crippen molar-refractivity contribution >= 4 is 6.09 Å². The Labute approximate surface area is 407 Å². The summed E-state index contributed by atoms with van der Waals surface area (Å²) in [7, 11) is 0. The topological polar surface area (TPSA) is 69.3 Å². The minimum Gasteiger partial charge on any atom is -0.446 e. The summed E-state index contributed by atoms with van der Waals surface area (Å²) < 4.78 is 24.6. The molecule has 66 heavy (non-hydrogen) atoms. The van der Waals surface area contributed by atoms with Crippen LogP contribution in [0.25, 0.3) is 0 Å². The van der Waals surface area contributed by atoms with Gasteiger partial charge in [0.15, 0.2) is 0 Å². The van der Waals surface area contributed by atoms with Gasteiger partial charge in [0.25, 0.3) is 0 Å². The monoisotopic (exact) mass is 923 g/mol. The van der Waals surface area contributed by atoms with E-state index in [2.05, 4.69) is 76.9 Å². The Hall–Kier alpha value is -1.41. The van der Waals surface area contributed by atoms with E-state index in [0.29, 0.717) is 38.4 Å². The molecule has 1 aliphatic heterocycles. The number of carbonyl (C=O) groups excluding carboxylic acids is 1. The second kappa shape index (κ2) is 30.4. The number of nitrogens with one attached hydrogen (secondary N) is 1. The average molecular weight is 924 g/mol. The van der Waals surface area contributed by atoms with Gasteiger partial charge < -0.3 is 29.2 Å². The van der Waals surface area contributed by atoms with E-state index < -0.39 is 0 Å². The Bertz CT molecular complexity index is 1380. The first-order chi connectivity index (χ1) is 32.0. The lowest BCUT2D eigenvalue weighted by atomic mass is 9.47. The van der Waals surface area contributed by atoms with Gasteiger partial charge in [0.2, 0.25) is 0 Å². The number of alkyl carbamates (subject to hydrolysis) is 1. The molecule has 7 heteroatoms. The normalized spacial score (nSPS) is 29.9. The first-order valence-electron chi connectivity index (χ1n) is 28.8. The molecule has 0 radical (unpaired) electrons. The van der Waals surface area contributed by atoms with E-state index in [1.54, 1.807) is 5.57 Å². The number of unbranched alkanes of at least 4 members (excludes halogenated alkanes) is 12. The molecule has 7 nitrogen and oxygen atoms in total. The number of hydrogen-bond donors (Lipinski definition) is 1. The largest absolute Gasteiger partial charge is 0.446 e. The Morgan fingerprint density at radius 1 is 0.803 bits per heavy atom. The highest BCUT2D eigenvalue weighted by atomic mass is 16.6. The second-order valence-corrected chi connectivity index (χ2v) is 23.6. The van der Waals surface area contributed by atoms with E-state index in [9.17, 15) is 4.79 Å². The van der Waals surface area contributed by atoms with Gasteiger partial charge in [-0.05, 0) is 149 Å². The van der Waals surface area contributed by atoms with Crippen LogP contribution in [0.3, 0.4) is 0 Å². The second-order valence-electron chi connectivity index (χ2n) is 23.6. The molecule has 1 saturated heterocycles. The molecule has 4 aliphatic carbocycles. The molecule has 10 atom stereocenters. The van der Waals surface area contributed by atoms with Gasteiger partial charge in [-0.15, -0.1) is 0 Å². The van der Waals surface area contributed by atoms with Gasteiger partial charge in [0.1, 0.15) is 6.10 Å². The van der Waals surface area contributed by atoms with E-state index >= 15 is 0 Å². The van der Waals surface area contributed by atoms with Crippen LogP contribution >= 0.6 is 0 Å². The third-order valence-corrected chi connectivity index (χ3v) is 17.9. The minimum absolute atomic E-state index is 0.0319. The summed E-state index contributed by atoms with van der Waals surface area (Å²) in [5.41, 5.74) is 2.36. The van der Waals surface area contributed by atoms with Crippen LogP contribution in [-0.2, 0) is 18.9 Å². The van der Waals surface area contributed by atoms with Gasteiger partial charge in [-0.2, -0.15) is 0 Å². The van der Waals surface area contributed by atoms with Gasteiger partial charge in [0.05, 0.1) is 32.5 Å². The molecule has 3 saturated carbocycles. The van der Waals surface area contributed by atoms with Gasteiger partial charge in [-0.3, -0.25) is 0 Å². The highest BCUT2D eigenvalue weighted by Gasteiger charge is 2.59. The predicted molar refractivity (Wildman–Crippen MR) is 277 cm³/mol. The molecule has 1 N–H and O–H groups in total. The fourth-order valence-corrected chi connectivity index (χ4v) is 14.1. The van der Waals surface area contributed by atoms with Gasteiger partial charge in [-0.1, -0.05) is 149 Å². The lowest BCUT2D eigenvalue weighted by Gasteiger charge is -2.58. The highest BCUT2D eigenvalue weighted by Crippen LogP contribution is 2.67. The maximum atomic E-state index is 13.0. The third-order valence-electron chi connectivity index (χ3n) is 17.9. The molecule has 2 unspecified atom stereocenters. The first kappa shape index (κ1) is 55.5. The SMILES string of the molecule is CCCCCCCCC=CCCCCCCCCOCC(CN1CCCC(C)C1)OCCOCCNC(=O)O[C@H]1CC[C@@]2(C)C(=CC[C@H]3[C@@H]4CC[C@H]([C@H](C)CCCC(C)C)[C@@]4(C)CC[C@@H]32)C1. The molecular weight excluding hydrogens is 817 g/mol. The summed E-state index contributed by atoms with van der Waals surface area (Å²) >= 11 is 0. The fraction of sp³-hybridized carbons (Fsp3) is 0.915. The van der Waals surface area contributed by atoms with Crippen LogP contribution in [0.1, 0.15) is 222 Å². The number of likely N-dealkylation sites (tertiary alicyclic amines) is 1. The molecule has 5 rings (SSSR count). The number of amides is 1. The van der Waals surface area contributed by atoms with Crippen molar-refractivity contribution in [3.63, 3.8) is 0 Å². The minimum atomic E-state index is -0.305. The van der Waals surface area contributed by atoms with Crippen LogP contribution in [0, 0.1) is 52.3 Å². The number of ether oxygens (including phenoxy) is 4. The van der Waals surface area contributed by atoms with E-state index in [-0.39, 0.29) is 23.7 Å². The lowest BCUT2D eigenvalue weighted by molar-refractivity contribution is -0.0584. The van der Waals surface area contributed by atoms with Gasteiger partial charge in [0, 0.05) is 32.7 Å². The molecule has 5 aliphatic rings. The summed E-state index contributed by atoms with van der Waals surface area (Å²) in [5.74, 6) is 5.79. The molecule has 1 heterocycles. The highest BCUT2D eigenvalue weighted by molar-refractivity contribution is 5.67. The zero-order chi connectivity index (χ0) is 47.0. The summed E-state index contributed by atoms with van der Waals surface area (Å²) in [6.45, 7) is 23.8. The van der Waals surface area contributed by atoms with Crippen LogP contribution < -0.4 is 5.32 Å². The maximum absolute atomic E-state index is 13.0. The van der Waals surface area contributed by atoms with Crippen molar-refractivity contribution in [1.82, 2.24) is 10.2 Å². The van der Waals surface area contributed by atoms with Crippen molar-refractivity contribution in [3.05, 3.63) is 23.8 Å². The van der Waals surface area contributed by atoms with E-state index in [0.717, 1.165) is 93.3 Å². The van der Waals surface area contributed by atoms with Crippen LogP contribution in [0.5, 0.6) is 0 Å². The number of rotatable bonds is 33. The third kappa shape index (κ3) is 18.1. The van der Waals surface area contributed by atoms with Crippen molar-refractivity contribution in [2.45, 2.75) is 234 Å². The average Bonchev–Trinajstić information content (AvgIpc) is 3.65. The van der Waals surface area contributed by atoms with E-state index in [1.807, 2.05) is 0 Å². The quantitative estimate of drug-likeness (QED) is 0.0522. The summed E-state index contributed by atoms with van der Waals surface area (Å²) in [6.07, 6.45) is 42.3. The van der Waals surface area contributed by atoms with Crippen molar-refractivity contribution in [1.29, 1.82) is 0 Å². The number of nitrogens with zero attached hydrogens (tertiary/aromatic N) is 1. The molecule has 0 aromatic rings. The number of hydrogen-bond acceptors (Lipinski definition) is 6. The standard InChI is InChI=1S/C59H106N2O5/c1-8-9-10-11-12-13-14-15-16-17-18-19-20-21-22-23-39-64-46-52(45-61-38-25-27-48(4)44-61)65-42-41-63-40-37-60-57(62)66-51-33-35-58(6)50(43-51)29-30-53-55-32-31-54(49(5)28-24-26-47(2)3)59(55,7)36-34-56(53)58/h15-16,29,47-49,51-56H,8-14,17-28,30-46H2,1-7H3,(H,60,62)/t48?,49-,51+,52?,53+,54-,55+,56+,58+,59-/m1/s1. The van der Waals surface area contributed by atoms with Gasteiger partial charge in [-0.25, -0.2) is 4.79 Å². The zero-order valence-corrected chi connectivity index (χ0v) is 44.4. The predicted octanol–water partition coefficient (Wildman–Crippen LogP) is 15.3. The lowest BCUT2D eigenvalue weighted by Crippen LogP contribution is -2.51. The Balaban J connectivity index is 0.910. The fourth-order valence-electron chi connectivity index (χ4n) is 14.1. The number of piperidine rings is 1. The Morgan fingerprint density at radius 2 is 1.55 bits per heavy atom. The molecule has 0 aromatic heterocycles. The van der Waals surface area contributed by atoms with E-state index in [4.69, 9.17) is 18.9 Å². The van der Waals surface area contributed by atoms with Crippen molar-refractivity contribution in [3.8, 4) is 0 Å². The molecular formula is C59H106N2O5. The zero-order valence-electron chi connectivity index (χ0n) is 44.4. The van der Waals surface area contributed by atoms with Crippen molar-refractivity contribution < 1.29 is 23.7 Å². The number of carbonyl (C=O) groups is 1. The molecule has 1 amide bonds. The molecule has 382 valence electrons. The molecule has 0 aromatic carbocycles. The maximum Gasteiger partial charge on any atom is 0.407 e. The first-order valence-corrected chi connectivity index (χ1v) is 28.8. The van der Waals surface area contributed by atoms with Crippen molar-refractivity contribution in [2.24, 2.45) is 52.3 Å². The van der Waals surface area contributed by atoms with Crippen LogP contribution in [0.15, 0.2) is 23.8 Å². The molecule has 0 spiro atoms. The Kier molecular flexibility index (Phi) is 25.5. The summed E-state index contributed by atoms with van der Waals surface area (Å²) in [6, 6.07) is 0. The summed E-state index contributed by atoms with van der Waals surface area (Å²) in [4.78, 5) is 15.5. The Morgan fingerprint density at radius 3 is 2.29 bits per heavy atom. The number of fused-ring (bicyclic) bond motifs is 5. The van der Waals surface area contributed by atoms with E-state index in [1.165, 1.54) is 148 Å². The van der Waals surface area contributed by atoms with Crippen LogP contribution in [0.2, 0.25) is 0 Å². The van der Waals surface area contributed by atoms with Gasteiger partial charge >= 0.3 is 6.09 Å². The van der Waals surface area contributed by atoms with Crippen LogP contribution in [-0.4, -0.2) is 82.4 Å². The molecule has 4 fully saturated rings. The number of allylic oxidation sites excluding steroid dienone is 3. The molecule has 0 bridgehead atoms. The summed E-state index contributed by atoms with van der Waals surface area (Å²) in [5, 5.41) is 2.98. The van der Waals surface area contributed by atoms with Crippen molar-refractivity contribution in [2.75, 3.05) is 59.2 Å². The van der Waals surface area contributed by atoms with Crippen LogP contribution in [0.4, 0.5) is 4.79 Å².